The van der Waals surface area contributed by atoms with E-state index in [9.17, 15) is 9.59 Å². The number of piperidine rings is 1. The van der Waals surface area contributed by atoms with Gasteiger partial charge in [-0.1, -0.05) is 13.8 Å². The fourth-order valence-electron chi connectivity index (χ4n) is 2.59. The van der Waals surface area contributed by atoms with E-state index in [2.05, 4.69) is 0 Å². The van der Waals surface area contributed by atoms with Crippen LogP contribution in [0.3, 0.4) is 0 Å². The summed E-state index contributed by atoms with van der Waals surface area (Å²) in [5, 5.41) is 0. The molecule has 1 aliphatic heterocycles. The van der Waals surface area contributed by atoms with Crippen LogP contribution in [0, 0.1) is 23.7 Å². The molecule has 5 heteroatoms. The lowest BCUT2D eigenvalue weighted by molar-refractivity contribution is -0.145. The zero-order valence-corrected chi connectivity index (χ0v) is 11.2. The van der Waals surface area contributed by atoms with Gasteiger partial charge in [0.1, 0.15) is 0 Å². The van der Waals surface area contributed by atoms with Crippen molar-refractivity contribution >= 4 is 12.1 Å². The Hall–Kier alpha value is -1.26. The summed E-state index contributed by atoms with van der Waals surface area (Å²) in [5.41, 5.74) is 0. The monoisotopic (exact) mass is 255 g/mol. The van der Waals surface area contributed by atoms with Crippen molar-refractivity contribution in [3.63, 3.8) is 0 Å². The molecule has 1 aliphatic carbocycles. The van der Waals surface area contributed by atoms with Crippen LogP contribution >= 0.6 is 0 Å². The Bertz CT molecular complexity index is 330. The topological polar surface area (TPSA) is 55.8 Å². The van der Waals surface area contributed by atoms with E-state index in [0.717, 1.165) is 0 Å². The second-order valence-electron chi connectivity index (χ2n) is 5.48. The molecule has 0 N–H and O–H groups in total. The molecule has 1 saturated carbocycles. The maximum Gasteiger partial charge on any atom is 0.409 e. The highest BCUT2D eigenvalue weighted by Gasteiger charge is 2.61. The lowest BCUT2D eigenvalue weighted by atomic mass is 10.2. The number of amides is 1. The van der Waals surface area contributed by atoms with Crippen molar-refractivity contribution in [1.82, 2.24) is 4.90 Å². The summed E-state index contributed by atoms with van der Waals surface area (Å²) >= 11 is 0. The van der Waals surface area contributed by atoms with Crippen LogP contribution in [-0.2, 0) is 14.3 Å². The third-order valence-corrected chi connectivity index (χ3v) is 3.55. The van der Waals surface area contributed by atoms with Crippen LogP contribution in [0.5, 0.6) is 0 Å². The first-order chi connectivity index (χ1) is 8.54. The summed E-state index contributed by atoms with van der Waals surface area (Å²) in [7, 11) is 0. The highest BCUT2D eigenvalue weighted by molar-refractivity contribution is 5.78. The molecule has 5 nitrogen and oxygen atoms in total. The van der Waals surface area contributed by atoms with Crippen molar-refractivity contribution in [3.8, 4) is 0 Å². The van der Waals surface area contributed by atoms with E-state index < -0.39 is 0 Å². The average molecular weight is 255 g/mol. The molecule has 1 saturated heterocycles. The van der Waals surface area contributed by atoms with Crippen LogP contribution in [0.4, 0.5) is 4.79 Å². The molecular formula is C13H21NO4. The maximum absolute atomic E-state index is 11.7. The zero-order chi connectivity index (χ0) is 13.3. The van der Waals surface area contributed by atoms with Crippen LogP contribution in [-0.4, -0.2) is 43.3 Å². The summed E-state index contributed by atoms with van der Waals surface area (Å²) in [4.78, 5) is 25.0. The zero-order valence-electron chi connectivity index (χ0n) is 11.2. The van der Waals surface area contributed by atoms with Gasteiger partial charge in [0, 0.05) is 13.1 Å². The van der Waals surface area contributed by atoms with Gasteiger partial charge in [-0.05, 0) is 24.7 Å². The van der Waals surface area contributed by atoms with Gasteiger partial charge in [-0.2, -0.15) is 0 Å². The molecule has 2 rings (SSSR count). The predicted octanol–water partition coefficient (Wildman–Crippen LogP) is 1.52. The minimum absolute atomic E-state index is 0.0131. The van der Waals surface area contributed by atoms with E-state index >= 15 is 0 Å². The summed E-state index contributed by atoms with van der Waals surface area (Å²) in [6.07, 6.45) is -0.251. The molecular weight excluding hydrogens is 234 g/mol. The molecule has 2 atom stereocenters. The molecule has 1 heterocycles. The number of ether oxygens (including phenoxy) is 2. The lowest BCUT2D eigenvalue weighted by Crippen LogP contribution is -2.34. The van der Waals surface area contributed by atoms with Gasteiger partial charge < -0.3 is 14.4 Å². The van der Waals surface area contributed by atoms with Gasteiger partial charge in [-0.3, -0.25) is 4.79 Å². The number of carbonyl (C=O) groups is 2. The Kier molecular flexibility index (Phi) is 3.78. The van der Waals surface area contributed by atoms with Crippen LogP contribution in [0.25, 0.3) is 0 Å². The third kappa shape index (κ3) is 2.60. The van der Waals surface area contributed by atoms with Gasteiger partial charge in [0.25, 0.3) is 0 Å². The number of hydrogen-bond acceptors (Lipinski definition) is 4. The number of hydrogen-bond donors (Lipinski definition) is 0. The molecule has 0 radical (unpaired) electrons. The van der Waals surface area contributed by atoms with E-state index in [1.165, 1.54) is 0 Å². The standard InChI is InChI=1S/C13H21NO4/c1-4-17-12(15)11-9-5-14(6-10(9)11)13(16)18-7-8(2)3/h8-11H,4-7H2,1-3H3. The first-order valence-electron chi connectivity index (χ1n) is 6.63. The summed E-state index contributed by atoms with van der Waals surface area (Å²) in [5.74, 6) is 0.825. The highest BCUT2D eigenvalue weighted by atomic mass is 16.6. The van der Waals surface area contributed by atoms with Crippen LogP contribution in [0.15, 0.2) is 0 Å². The second kappa shape index (κ2) is 5.16. The Morgan fingerprint density at radius 1 is 1.22 bits per heavy atom. The molecule has 0 spiro atoms. The third-order valence-electron chi connectivity index (χ3n) is 3.55. The van der Waals surface area contributed by atoms with Crippen LogP contribution in [0.1, 0.15) is 20.8 Å². The summed E-state index contributed by atoms with van der Waals surface area (Å²) in [6.45, 7) is 7.96. The second-order valence-corrected chi connectivity index (χ2v) is 5.48. The quantitative estimate of drug-likeness (QED) is 0.715. The number of nitrogens with zero attached hydrogens (tertiary/aromatic N) is 1. The predicted molar refractivity (Wildman–Crippen MR) is 64.9 cm³/mol. The molecule has 2 fully saturated rings. The Morgan fingerprint density at radius 3 is 2.33 bits per heavy atom. The number of rotatable bonds is 4. The van der Waals surface area contributed by atoms with E-state index in [4.69, 9.17) is 9.47 Å². The first kappa shape index (κ1) is 13.2. The number of fused-ring (bicyclic) bond motifs is 1. The Labute approximate surface area is 107 Å². The van der Waals surface area contributed by atoms with Crippen molar-refractivity contribution in [2.75, 3.05) is 26.3 Å². The number of esters is 1. The Balaban J connectivity index is 1.74. The van der Waals surface area contributed by atoms with Gasteiger partial charge in [-0.25, -0.2) is 4.79 Å². The molecule has 0 bridgehead atoms. The molecule has 0 aromatic rings. The highest BCUT2D eigenvalue weighted by Crippen LogP contribution is 2.52. The minimum atomic E-state index is -0.251. The van der Waals surface area contributed by atoms with Gasteiger partial charge in [0.2, 0.25) is 0 Å². The molecule has 0 aromatic carbocycles. The van der Waals surface area contributed by atoms with Gasteiger partial charge in [-0.15, -0.1) is 0 Å². The van der Waals surface area contributed by atoms with Gasteiger partial charge in [0.05, 0.1) is 19.1 Å². The van der Waals surface area contributed by atoms with Crippen molar-refractivity contribution in [2.24, 2.45) is 23.7 Å². The maximum atomic E-state index is 11.7. The molecule has 102 valence electrons. The van der Waals surface area contributed by atoms with E-state index in [1.807, 2.05) is 20.8 Å². The minimum Gasteiger partial charge on any atom is -0.466 e. The van der Waals surface area contributed by atoms with E-state index in [0.29, 0.717) is 32.2 Å². The SMILES string of the molecule is CCOC(=O)C1C2CN(C(=O)OCC(C)C)CC21. The molecule has 2 unspecified atom stereocenters. The van der Waals surface area contributed by atoms with Gasteiger partial charge >= 0.3 is 12.1 Å². The largest absolute Gasteiger partial charge is 0.466 e. The van der Waals surface area contributed by atoms with Crippen molar-refractivity contribution in [2.45, 2.75) is 20.8 Å². The van der Waals surface area contributed by atoms with Crippen LogP contribution < -0.4 is 0 Å². The average Bonchev–Trinajstić information content (AvgIpc) is 2.82. The van der Waals surface area contributed by atoms with Crippen LogP contribution in [0.2, 0.25) is 0 Å². The fraction of sp³-hybridized carbons (Fsp3) is 0.846. The van der Waals surface area contributed by atoms with E-state index in [-0.39, 0.29) is 29.8 Å². The van der Waals surface area contributed by atoms with Crippen molar-refractivity contribution < 1.29 is 19.1 Å². The number of likely N-dealkylation sites (tertiary alicyclic amines) is 1. The summed E-state index contributed by atoms with van der Waals surface area (Å²) < 4.78 is 10.2. The number of carbonyl (C=O) groups excluding carboxylic acids is 2. The summed E-state index contributed by atoms with van der Waals surface area (Å²) in [6, 6.07) is 0. The van der Waals surface area contributed by atoms with Gasteiger partial charge in [0.15, 0.2) is 0 Å². The van der Waals surface area contributed by atoms with E-state index in [1.54, 1.807) is 4.90 Å². The smallest absolute Gasteiger partial charge is 0.409 e. The van der Waals surface area contributed by atoms with Crippen molar-refractivity contribution in [1.29, 1.82) is 0 Å². The molecule has 1 amide bonds. The molecule has 0 aromatic heterocycles. The van der Waals surface area contributed by atoms with Crippen molar-refractivity contribution in [3.05, 3.63) is 0 Å². The fourth-order valence-corrected chi connectivity index (χ4v) is 2.59. The lowest BCUT2D eigenvalue weighted by Gasteiger charge is -2.19. The molecule has 2 aliphatic rings. The normalized spacial score (nSPS) is 29.1. The molecule has 18 heavy (non-hydrogen) atoms. The first-order valence-corrected chi connectivity index (χ1v) is 6.63. The Morgan fingerprint density at radius 2 is 1.83 bits per heavy atom.